The first-order chi connectivity index (χ1) is 38.6. The molecule has 432 valence electrons. The zero-order valence-corrected chi connectivity index (χ0v) is 44.2. The molecule has 0 radical (unpaired) electrons. The minimum absolute atomic E-state index is 0. The number of nitrogens with one attached hydrogen (secondary N) is 4. The molecule has 2 saturated heterocycles. The highest BCUT2D eigenvalue weighted by atomic mass is 16.6. The highest BCUT2D eigenvalue weighted by Gasteiger charge is 2.48. The molecule has 8 aromatic heterocycles. The van der Waals surface area contributed by atoms with E-state index in [-0.39, 0.29) is 29.2 Å². The molecule has 1 aliphatic carbocycles. The van der Waals surface area contributed by atoms with Crippen molar-refractivity contribution in [2.24, 2.45) is 14.1 Å². The number of fused-ring (bicyclic) bond motifs is 2. The van der Waals surface area contributed by atoms with E-state index >= 15 is 0 Å². The number of aliphatic carboxylic acids is 2. The Balaban J connectivity index is 0.000000819. The van der Waals surface area contributed by atoms with E-state index in [2.05, 4.69) is 62.1 Å². The van der Waals surface area contributed by atoms with Gasteiger partial charge in [-0.05, 0) is 50.0 Å². The van der Waals surface area contributed by atoms with Crippen LogP contribution in [0.2, 0.25) is 0 Å². The number of carbonyl (C=O) groups is 2. The summed E-state index contributed by atoms with van der Waals surface area (Å²) in [4.78, 5) is 59.6. The molecular formula is C46H62N24O11. The SMILES string of the molecule is CCn1nnc([C@H]2O[C@@H](n3cnc4c(N[C@H]5CC[C@H](Nc6nc(NCCc7cn(C)cn7)nc7c6ncn7[C@@H]6O[C@H](c7nnn(CC)n7)[C@@H](O)[C@H]6O)CC5)nc(NCCc5cn(C)cn5)nc43)[C@H](O)[C@@H]2O)n1.O.O=C(O)C=CC(=O)O. The second kappa shape index (κ2) is 24.7. The lowest BCUT2D eigenvalue weighted by atomic mass is 9.91. The highest BCUT2D eigenvalue weighted by Crippen LogP contribution is 2.41. The molecule has 35 heteroatoms. The smallest absolute Gasteiger partial charge is 0.328 e. The fraction of sp³-hybridized carbons (Fsp3) is 0.522. The fourth-order valence-electron chi connectivity index (χ4n) is 9.49. The van der Waals surface area contributed by atoms with Gasteiger partial charge in [0.1, 0.15) is 24.4 Å². The maximum atomic E-state index is 11.3. The van der Waals surface area contributed by atoms with Crippen LogP contribution < -0.4 is 21.3 Å². The van der Waals surface area contributed by atoms with Crippen molar-refractivity contribution >= 4 is 57.8 Å². The Hall–Kier alpha value is -8.74. The summed E-state index contributed by atoms with van der Waals surface area (Å²) in [6, 6.07) is -0.0247. The van der Waals surface area contributed by atoms with Crippen LogP contribution in [0.15, 0.2) is 49.9 Å². The molecule has 8 aromatic rings. The van der Waals surface area contributed by atoms with E-state index in [4.69, 9.17) is 49.6 Å². The number of aromatic nitrogens is 20. The zero-order chi connectivity index (χ0) is 56.2. The van der Waals surface area contributed by atoms with Crippen LogP contribution in [0.4, 0.5) is 23.5 Å². The first-order valence-electron chi connectivity index (χ1n) is 25.8. The lowest BCUT2D eigenvalue weighted by Gasteiger charge is -2.30. The fourth-order valence-corrected chi connectivity index (χ4v) is 9.49. The molecule has 11 rings (SSSR count). The molecule has 0 aromatic carbocycles. The van der Waals surface area contributed by atoms with E-state index in [0.29, 0.717) is 97.0 Å². The number of hydrogen-bond donors (Lipinski definition) is 10. The first kappa shape index (κ1) is 57.0. The molecule has 1 saturated carbocycles. The largest absolute Gasteiger partial charge is 0.478 e. The summed E-state index contributed by atoms with van der Waals surface area (Å²) in [7, 11) is 3.83. The van der Waals surface area contributed by atoms with Crippen molar-refractivity contribution in [3.63, 3.8) is 0 Å². The molecule has 0 bridgehead atoms. The number of aliphatic hydroxyl groups excluding tert-OH is 4. The van der Waals surface area contributed by atoms with Crippen molar-refractivity contribution in [2.45, 2.75) is 127 Å². The maximum Gasteiger partial charge on any atom is 0.328 e. The van der Waals surface area contributed by atoms with Gasteiger partial charge in [0, 0.05) is 76.7 Å². The number of rotatable bonds is 20. The van der Waals surface area contributed by atoms with Crippen LogP contribution in [-0.2, 0) is 59.1 Å². The van der Waals surface area contributed by atoms with Gasteiger partial charge in [0.25, 0.3) is 0 Å². The van der Waals surface area contributed by atoms with Crippen LogP contribution in [0.25, 0.3) is 22.3 Å². The Bertz CT molecular complexity index is 3230. The van der Waals surface area contributed by atoms with E-state index in [0.717, 1.165) is 37.1 Å². The Kier molecular flexibility index (Phi) is 17.4. The van der Waals surface area contributed by atoms with Crippen molar-refractivity contribution < 1.29 is 55.2 Å². The zero-order valence-electron chi connectivity index (χ0n) is 44.2. The monoisotopic (exact) mass is 1130 g/mol. The van der Waals surface area contributed by atoms with Gasteiger partial charge in [0.15, 0.2) is 58.6 Å². The molecule has 8 atom stereocenters. The third kappa shape index (κ3) is 12.7. The second-order valence-electron chi connectivity index (χ2n) is 19.2. The average molecular weight is 1130 g/mol. The molecule has 0 unspecified atom stereocenters. The Morgan fingerprint density at radius 2 is 1.01 bits per heavy atom. The summed E-state index contributed by atoms with van der Waals surface area (Å²) >= 11 is 0. The predicted molar refractivity (Wildman–Crippen MR) is 279 cm³/mol. The number of aliphatic hydroxyl groups is 4. The number of imidazole rings is 4. The highest BCUT2D eigenvalue weighted by molar-refractivity contribution is 5.89. The lowest BCUT2D eigenvalue weighted by Crippen LogP contribution is -2.33. The van der Waals surface area contributed by atoms with E-state index in [1.54, 1.807) is 21.8 Å². The third-order valence-electron chi connectivity index (χ3n) is 13.5. The van der Waals surface area contributed by atoms with E-state index in [1.807, 2.05) is 49.5 Å². The van der Waals surface area contributed by atoms with Gasteiger partial charge >= 0.3 is 11.9 Å². The quantitative estimate of drug-likeness (QED) is 0.0387. The first-order valence-corrected chi connectivity index (χ1v) is 25.8. The van der Waals surface area contributed by atoms with Gasteiger partial charge < -0.3 is 76.0 Å². The normalized spacial score (nSPS) is 23.6. The van der Waals surface area contributed by atoms with Crippen molar-refractivity contribution in [3.05, 3.63) is 72.9 Å². The van der Waals surface area contributed by atoms with E-state index in [1.165, 1.54) is 22.2 Å². The Labute approximate surface area is 458 Å². The second-order valence-corrected chi connectivity index (χ2v) is 19.2. The van der Waals surface area contributed by atoms with Gasteiger partial charge in [-0.25, -0.2) is 29.5 Å². The summed E-state index contributed by atoms with van der Waals surface area (Å²) in [5.41, 5.74) is 3.47. The average Bonchev–Trinajstić information content (AvgIpc) is 4.41. The molecule has 35 nitrogen and oxygen atoms in total. The molecule has 2 aliphatic heterocycles. The van der Waals surface area contributed by atoms with Gasteiger partial charge in [0.05, 0.1) is 49.8 Å². The minimum atomic E-state index is -1.36. The minimum Gasteiger partial charge on any atom is -0.478 e. The molecule has 10 heterocycles. The summed E-state index contributed by atoms with van der Waals surface area (Å²) in [6.45, 7) is 5.65. The molecule has 3 fully saturated rings. The summed E-state index contributed by atoms with van der Waals surface area (Å²) < 4.78 is 19.4. The van der Waals surface area contributed by atoms with Gasteiger partial charge in [-0.2, -0.15) is 29.5 Å². The van der Waals surface area contributed by atoms with E-state index < -0.39 is 61.0 Å². The van der Waals surface area contributed by atoms with Crippen molar-refractivity contribution in [1.29, 1.82) is 0 Å². The number of nitrogens with zero attached hydrogens (tertiary/aromatic N) is 20. The van der Waals surface area contributed by atoms with Crippen LogP contribution in [0.3, 0.4) is 0 Å². The van der Waals surface area contributed by atoms with Crippen molar-refractivity contribution in [3.8, 4) is 0 Å². The Morgan fingerprint density at radius 3 is 1.36 bits per heavy atom. The summed E-state index contributed by atoms with van der Waals surface area (Å²) in [6.07, 6.45) is 6.13. The van der Waals surface area contributed by atoms with Crippen LogP contribution in [0.5, 0.6) is 0 Å². The number of carboxylic acid groups (broad SMARTS) is 2. The summed E-state index contributed by atoms with van der Waals surface area (Å²) in [5.74, 6) is -0.565. The lowest BCUT2D eigenvalue weighted by molar-refractivity contribution is -0.134. The standard InChI is InChI=1S/C42H56N24O6.C4H4O4.H2O/c1-5-65-57-35(55-59-65)31-27(67)29(69)39(71-31)63-19-47-25-33(51-41(53-37(25)63)43-13-11-23-15-61(3)17-45-23)49-21-7-9-22(10-8-21)50-34-26-38(54-42(52-34)44-14-12-24-16-62(4)18-46-24)64(20-48-26)40-30(70)28(68)32(72-40)36-56-60-66(6-2)58-36;5-3(6)1-2-4(7)8;/h15-22,27-32,39-40,67-70H,5-14H2,1-4H3,(H2,43,49,51,53)(H2,44,50,52,54);1-2H,(H,5,6)(H,7,8);1H2/t21-,22-,27-,28-,29+,30+,31-,32-,39+,40+;;/m0../s1. The molecule has 12 N–H and O–H groups in total. The van der Waals surface area contributed by atoms with Crippen molar-refractivity contribution in [2.75, 3.05) is 34.4 Å². The molecule has 81 heavy (non-hydrogen) atoms. The predicted octanol–water partition coefficient (Wildman–Crippen LogP) is -1.54. The molecule has 0 amide bonds. The van der Waals surface area contributed by atoms with Crippen LogP contribution in [-0.4, -0.2) is 196 Å². The number of aryl methyl sites for hydroxylation is 4. The molecular weight excluding hydrogens is 1060 g/mol. The summed E-state index contributed by atoms with van der Waals surface area (Å²) in [5, 5.41) is 99.2. The number of carboxylic acids is 2. The maximum absolute atomic E-state index is 11.3. The van der Waals surface area contributed by atoms with Crippen LogP contribution >= 0.6 is 0 Å². The van der Waals surface area contributed by atoms with Gasteiger partial charge in [-0.15, -0.1) is 20.4 Å². The number of ether oxygens (including phenoxy) is 2. The third-order valence-corrected chi connectivity index (χ3v) is 13.5. The topological polar surface area (TPSA) is 464 Å². The number of tetrazole rings is 2. The molecule has 0 spiro atoms. The Morgan fingerprint density at radius 1 is 0.605 bits per heavy atom. The van der Waals surface area contributed by atoms with Gasteiger partial charge in [0.2, 0.25) is 23.5 Å². The number of hydrogen-bond acceptors (Lipinski definition) is 26. The van der Waals surface area contributed by atoms with Crippen LogP contribution in [0.1, 0.15) is 87.2 Å². The van der Waals surface area contributed by atoms with Crippen LogP contribution in [0, 0.1) is 0 Å². The van der Waals surface area contributed by atoms with Gasteiger partial charge in [-0.1, -0.05) is 0 Å². The van der Waals surface area contributed by atoms with Crippen molar-refractivity contribution in [1.82, 2.24) is 98.6 Å². The van der Waals surface area contributed by atoms with Gasteiger partial charge in [-0.3, -0.25) is 9.13 Å². The molecule has 3 aliphatic rings. The van der Waals surface area contributed by atoms with E-state index in [9.17, 15) is 30.0 Å². The number of anilines is 4.